The lowest BCUT2D eigenvalue weighted by molar-refractivity contribution is 0.0987. The quantitative estimate of drug-likeness (QED) is 0.506. The molecule has 0 bridgehead atoms. The second-order valence-electron chi connectivity index (χ2n) is 10.1. The fourth-order valence-electron chi connectivity index (χ4n) is 5.23. The van der Waals surface area contributed by atoms with Crippen LogP contribution in [-0.4, -0.2) is 46.7 Å². The number of rotatable bonds is 4. The number of ketones is 1. The zero-order valence-corrected chi connectivity index (χ0v) is 22.2. The molecule has 11 heteroatoms. The van der Waals surface area contributed by atoms with Crippen molar-refractivity contribution in [1.29, 1.82) is 0 Å². The molecule has 8 nitrogen and oxygen atoms in total. The third-order valence-corrected chi connectivity index (χ3v) is 11.4. The van der Waals surface area contributed by atoms with Crippen molar-refractivity contribution in [2.45, 2.75) is 62.5 Å². The number of hydrogen-bond donors (Lipinski definition) is 1. The number of nitrogens with zero attached hydrogens (tertiary/aromatic N) is 5. The highest BCUT2D eigenvalue weighted by atomic mass is 35.5. The predicted molar refractivity (Wildman–Crippen MR) is 139 cm³/mol. The van der Waals surface area contributed by atoms with E-state index in [9.17, 15) is 9.00 Å². The van der Waals surface area contributed by atoms with Crippen LogP contribution in [0.1, 0.15) is 61.2 Å². The van der Waals surface area contributed by atoms with Gasteiger partial charge >= 0.3 is 0 Å². The van der Waals surface area contributed by atoms with Gasteiger partial charge in [-0.15, -0.1) is 0 Å². The second kappa shape index (κ2) is 8.34. The smallest absolute Gasteiger partial charge is 0.188 e. The van der Waals surface area contributed by atoms with Crippen molar-refractivity contribution in [2.75, 3.05) is 6.54 Å². The molecule has 36 heavy (non-hydrogen) atoms. The van der Waals surface area contributed by atoms with Gasteiger partial charge in [0.05, 0.1) is 32.1 Å². The topological polar surface area (TPSA) is 115 Å². The lowest BCUT2D eigenvalue weighted by Gasteiger charge is -2.47. The van der Waals surface area contributed by atoms with Crippen molar-refractivity contribution in [1.82, 2.24) is 14.4 Å². The average molecular weight is 531 g/mol. The second-order valence-corrected chi connectivity index (χ2v) is 13.5. The summed E-state index contributed by atoms with van der Waals surface area (Å²) in [6.45, 7) is 7.53. The molecular formula is C25H28ClFN6O2S. The Balaban J connectivity index is 1.56. The first kappa shape index (κ1) is 24.8. The third-order valence-electron chi connectivity index (χ3n) is 7.43. The zero-order valence-electron chi connectivity index (χ0n) is 20.6. The van der Waals surface area contributed by atoms with Gasteiger partial charge in [-0.05, 0) is 64.8 Å². The molecule has 0 saturated heterocycles. The normalized spacial score (nSPS) is 27.3. The number of fused-ring (bicyclic) bond motifs is 2. The van der Waals surface area contributed by atoms with Crippen LogP contribution in [0, 0.1) is 12.7 Å². The van der Waals surface area contributed by atoms with Gasteiger partial charge in [0.2, 0.25) is 0 Å². The van der Waals surface area contributed by atoms with Crippen LogP contribution in [0.4, 0.5) is 4.39 Å². The Labute approximate surface area is 214 Å². The first-order valence-corrected chi connectivity index (χ1v) is 13.7. The van der Waals surface area contributed by atoms with Crippen LogP contribution in [0.15, 0.2) is 39.8 Å². The van der Waals surface area contributed by atoms with Crippen LogP contribution in [0.2, 0.25) is 5.02 Å². The highest BCUT2D eigenvalue weighted by Gasteiger charge is 2.56. The Morgan fingerprint density at radius 3 is 2.75 bits per heavy atom. The number of aryl methyl sites for hydroxylation is 1. The minimum absolute atomic E-state index is 0.0274. The maximum Gasteiger partial charge on any atom is 0.188 e. The maximum absolute atomic E-state index is 15.3. The molecule has 0 unspecified atom stereocenters. The number of hydrogen-bond acceptors (Lipinski definition) is 7. The summed E-state index contributed by atoms with van der Waals surface area (Å²) in [7, 11) is -2.86. The molecule has 0 aromatic carbocycles. The van der Waals surface area contributed by atoms with Crippen LogP contribution in [0.5, 0.6) is 0 Å². The van der Waals surface area contributed by atoms with Crippen LogP contribution < -0.4 is 5.73 Å². The van der Waals surface area contributed by atoms with E-state index < -0.39 is 31.1 Å². The molecule has 2 N–H and O–H groups in total. The van der Waals surface area contributed by atoms with Gasteiger partial charge in [0.1, 0.15) is 39.0 Å². The lowest BCUT2D eigenvalue weighted by atomic mass is 9.88. The number of Topliss-reactive ketones (excluding diaryl/α,β-unsaturated/α-hetero) is 1. The standard InChI is InChI=1S/C25H28ClFN6O2S/c1-14-21(31-20-10-7-15(26)13-33(14)20)18(34)12-16-8-9-17(27)22(30-16)25(4)19-6-5-11-29-36(19,35)24(2,3)23(28)32-25/h7-10,13,19H,5-6,11-12H2,1-4H3,(H2,28,32)/t19-,25-,36+/m0/s1. The van der Waals surface area contributed by atoms with Crippen LogP contribution in [0.25, 0.3) is 5.65 Å². The minimum Gasteiger partial charge on any atom is -0.386 e. The zero-order chi connectivity index (χ0) is 26.0. The van der Waals surface area contributed by atoms with Crippen molar-refractivity contribution in [3.63, 3.8) is 0 Å². The molecule has 5 rings (SSSR count). The van der Waals surface area contributed by atoms with Gasteiger partial charge in [-0.1, -0.05) is 11.6 Å². The molecule has 3 aromatic heterocycles. The van der Waals surface area contributed by atoms with Gasteiger partial charge in [0.25, 0.3) is 0 Å². The largest absolute Gasteiger partial charge is 0.386 e. The van der Waals surface area contributed by atoms with Gasteiger partial charge in [0, 0.05) is 18.4 Å². The van der Waals surface area contributed by atoms with E-state index in [-0.39, 0.29) is 23.7 Å². The molecule has 5 heterocycles. The molecule has 2 aliphatic heterocycles. The first-order chi connectivity index (χ1) is 16.9. The number of halogens is 2. The van der Waals surface area contributed by atoms with E-state index in [0.29, 0.717) is 40.7 Å². The Bertz CT molecular complexity index is 1570. The summed E-state index contributed by atoms with van der Waals surface area (Å²) >= 11 is 6.09. The number of aliphatic imine (C=N–C) groups is 1. The van der Waals surface area contributed by atoms with Crippen LogP contribution in [-0.2, 0) is 21.7 Å². The summed E-state index contributed by atoms with van der Waals surface area (Å²) in [6.07, 6.45) is 2.90. The van der Waals surface area contributed by atoms with Gasteiger partial charge in [0.15, 0.2) is 5.78 Å². The number of nitrogens with two attached hydrogens (primary N) is 1. The Kier molecular flexibility index (Phi) is 5.75. The SMILES string of the molecule is Cc1c(C(=O)Cc2ccc(F)c([C@@]3(C)N=C(N)C(C)(C)[S@@]4(=O)=NCCC[C@@H]34)n2)nc2ccc(Cl)cn12. The number of aromatic nitrogens is 3. The molecule has 0 saturated carbocycles. The first-order valence-electron chi connectivity index (χ1n) is 11.8. The van der Waals surface area contributed by atoms with E-state index in [2.05, 4.69) is 14.3 Å². The molecule has 0 fully saturated rings. The molecule has 2 aliphatic rings. The summed E-state index contributed by atoms with van der Waals surface area (Å²) in [5.74, 6) is -0.679. The van der Waals surface area contributed by atoms with Crippen molar-refractivity contribution in [3.05, 3.63) is 64.1 Å². The van der Waals surface area contributed by atoms with Crippen molar-refractivity contribution < 1.29 is 13.4 Å². The number of pyridine rings is 2. The van der Waals surface area contributed by atoms with E-state index in [1.54, 1.807) is 50.4 Å². The molecule has 3 aromatic rings. The molecule has 0 spiro atoms. The van der Waals surface area contributed by atoms with Gasteiger partial charge in [-0.25, -0.2) is 17.9 Å². The van der Waals surface area contributed by atoms with E-state index in [4.69, 9.17) is 22.3 Å². The third kappa shape index (κ3) is 3.56. The number of carbonyl (C=O) groups is 1. The molecule has 3 atom stereocenters. The molecular weight excluding hydrogens is 503 g/mol. The maximum atomic E-state index is 15.3. The van der Waals surface area contributed by atoms with Crippen molar-refractivity contribution >= 4 is 38.6 Å². The predicted octanol–water partition coefficient (Wildman–Crippen LogP) is 4.25. The van der Waals surface area contributed by atoms with E-state index >= 15 is 4.39 Å². The summed E-state index contributed by atoms with van der Waals surface area (Å²) in [5.41, 5.74) is 6.98. The lowest BCUT2D eigenvalue weighted by Crippen LogP contribution is -2.60. The summed E-state index contributed by atoms with van der Waals surface area (Å²) in [6, 6.07) is 6.20. The summed E-state index contributed by atoms with van der Waals surface area (Å²) < 4.78 is 34.8. The van der Waals surface area contributed by atoms with Gasteiger partial charge in [-0.2, -0.15) is 0 Å². The van der Waals surface area contributed by atoms with Gasteiger partial charge < -0.3 is 10.1 Å². The molecule has 0 amide bonds. The average Bonchev–Trinajstić information content (AvgIpc) is 3.15. The van der Waals surface area contributed by atoms with Crippen LogP contribution >= 0.6 is 11.6 Å². The molecule has 0 aliphatic carbocycles. The molecule has 0 radical (unpaired) electrons. The molecule has 190 valence electrons. The van der Waals surface area contributed by atoms with Gasteiger partial charge in [-0.3, -0.25) is 14.8 Å². The Hall–Kier alpha value is -2.85. The highest BCUT2D eigenvalue weighted by molar-refractivity contribution is 7.96. The Morgan fingerprint density at radius 1 is 1.25 bits per heavy atom. The number of amidine groups is 1. The Morgan fingerprint density at radius 2 is 2.00 bits per heavy atom. The number of imidazole rings is 1. The monoisotopic (exact) mass is 530 g/mol. The highest BCUT2D eigenvalue weighted by Crippen LogP contribution is 2.46. The van der Waals surface area contributed by atoms with Crippen molar-refractivity contribution in [3.8, 4) is 0 Å². The fraction of sp³-hybridized carbons (Fsp3) is 0.440. The van der Waals surface area contributed by atoms with E-state index in [1.807, 2.05) is 0 Å². The van der Waals surface area contributed by atoms with Crippen LogP contribution in [0.3, 0.4) is 0 Å². The van der Waals surface area contributed by atoms with Crippen molar-refractivity contribution in [2.24, 2.45) is 15.1 Å². The summed E-state index contributed by atoms with van der Waals surface area (Å²) in [5, 5.41) is -0.0268. The number of carbonyl (C=O) groups excluding carboxylic acids is 1. The fourth-order valence-corrected chi connectivity index (χ4v) is 8.63. The minimum atomic E-state index is -2.86. The van der Waals surface area contributed by atoms with E-state index in [0.717, 1.165) is 6.42 Å². The van der Waals surface area contributed by atoms with E-state index in [1.165, 1.54) is 12.1 Å². The summed E-state index contributed by atoms with van der Waals surface area (Å²) in [4.78, 5) is 26.9.